The molecule has 0 bridgehead atoms. The predicted molar refractivity (Wildman–Crippen MR) is 47.0 cm³/mol. The van der Waals surface area contributed by atoms with Gasteiger partial charge in [0.15, 0.2) is 0 Å². The quantitative estimate of drug-likeness (QED) is 0.632. The molecule has 3 N–H and O–H groups in total. The lowest BCUT2D eigenvalue weighted by molar-refractivity contribution is 0.177. The Morgan fingerprint density at radius 3 is 3.42 bits per heavy atom. The molecule has 0 aliphatic heterocycles. The van der Waals surface area contributed by atoms with Gasteiger partial charge in [-0.2, -0.15) is 0 Å². The third kappa shape index (κ3) is 2.22. The van der Waals surface area contributed by atoms with E-state index in [0.29, 0.717) is 0 Å². The third-order valence-corrected chi connectivity index (χ3v) is 1.16. The van der Waals surface area contributed by atoms with E-state index in [1.807, 2.05) is 5.32 Å². The number of aliphatic hydroxyl groups is 1. The van der Waals surface area contributed by atoms with Crippen molar-refractivity contribution in [3.63, 3.8) is 0 Å². The van der Waals surface area contributed by atoms with Crippen LogP contribution in [0.2, 0.25) is 0 Å². The van der Waals surface area contributed by atoms with Gasteiger partial charge in [0.25, 0.3) is 0 Å². The molecule has 0 aliphatic carbocycles. The van der Waals surface area contributed by atoms with Crippen LogP contribution in [0.5, 0.6) is 5.75 Å². The molecule has 1 aromatic rings. The van der Waals surface area contributed by atoms with E-state index in [0.717, 1.165) is 0 Å². The Bertz CT molecular complexity index is 499. The molecule has 1 atom stereocenters. The molecule has 0 aromatic heterocycles. The lowest BCUT2D eigenvalue weighted by atomic mass is 10.1. The molecule has 0 spiro atoms. The molecule has 0 unspecified atom stereocenters. The smallest absolute Gasteiger partial charge is 0.115 e. The van der Waals surface area contributed by atoms with Crippen LogP contribution in [0.1, 0.15) is 22.6 Å². The summed E-state index contributed by atoms with van der Waals surface area (Å²) in [5.74, 6) is -0.944. The molecule has 0 aliphatic rings. The second-order valence-corrected chi connectivity index (χ2v) is 2.02. The van der Waals surface area contributed by atoms with Crippen LogP contribution in [0.25, 0.3) is 0 Å². The molecule has 66 valence electrons. The Morgan fingerprint density at radius 1 is 1.83 bits per heavy atom. The van der Waals surface area contributed by atoms with Gasteiger partial charge in [0, 0.05) is 10.7 Å². The first-order valence-electron chi connectivity index (χ1n) is 7.15. The highest BCUT2D eigenvalue weighted by molar-refractivity contribution is 5.28. The average Bonchev–Trinajstić information content (AvgIpc) is 2.31. The van der Waals surface area contributed by atoms with Crippen LogP contribution in [-0.4, -0.2) is 23.7 Å². The molecule has 0 saturated carbocycles. The van der Waals surface area contributed by atoms with E-state index >= 15 is 0 Å². The molecule has 0 radical (unpaired) electrons. The summed E-state index contributed by atoms with van der Waals surface area (Å²) in [7, 11) is 0. The molecule has 1 aromatic carbocycles. The normalized spacial score (nSPS) is 26.1. The molecular weight excluding hydrogens is 154 g/mol. The van der Waals surface area contributed by atoms with Crippen molar-refractivity contribution in [2.24, 2.45) is 0 Å². The summed E-state index contributed by atoms with van der Waals surface area (Å²) in [6.45, 7) is -3.47. The first kappa shape index (κ1) is 3.01. The second kappa shape index (κ2) is 4.09. The van der Waals surface area contributed by atoms with Crippen LogP contribution in [0.15, 0.2) is 24.2 Å². The van der Waals surface area contributed by atoms with Gasteiger partial charge in [-0.15, -0.1) is 0 Å². The predicted octanol–water partition coefficient (Wildman–Crippen LogP) is 0.645. The minimum atomic E-state index is -2.70. The third-order valence-electron chi connectivity index (χ3n) is 1.16. The summed E-state index contributed by atoms with van der Waals surface area (Å²) in [5.41, 5.74) is -0.729. The van der Waals surface area contributed by atoms with Gasteiger partial charge < -0.3 is 15.5 Å². The maximum atomic E-state index is 9.91. The molecule has 0 amide bonds. The Morgan fingerprint density at radius 2 is 2.67 bits per heavy atom. The van der Waals surface area contributed by atoms with Gasteiger partial charge in [-0.1, -0.05) is 12.1 Å². The Balaban J connectivity index is 3.32. The standard InChI is InChI=1S/C9H13NO2/c1-10-6-9(12)7-3-2-4-8(11)5-7/h2-5,9-12H,6H2,1H3/t9-/m1/s1/i1D3,2D,3D,4D,5D,9D. The minimum Gasteiger partial charge on any atom is -0.508 e. The van der Waals surface area contributed by atoms with Crippen molar-refractivity contribution >= 4 is 0 Å². The summed E-state index contributed by atoms with van der Waals surface area (Å²) in [5, 5.41) is 21.3. The van der Waals surface area contributed by atoms with Crippen molar-refractivity contribution in [2.45, 2.75) is 6.08 Å². The van der Waals surface area contributed by atoms with Crippen molar-refractivity contribution in [1.29, 1.82) is 0 Å². The molecule has 12 heavy (non-hydrogen) atoms. The van der Waals surface area contributed by atoms with Crippen molar-refractivity contribution in [1.82, 2.24) is 5.32 Å². The van der Waals surface area contributed by atoms with E-state index in [4.69, 9.17) is 11.0 Å². The Kier molecular flexibility index (Phi) is 1.03. The first-order chi connectivity index (χ1) is 8.88. The molecule has 0 saturated heterocycles. The second-order valence-electron chi connectivity index (χ2n) is 2.02. The van der Waals surface area contributed by atoms with Crippen molar-refractivity contribution in [2.75, 3.05) is 13.5 Å². The fourth-order valence-corrected chi connectivity index (χ4v) is 0.650. The zero-order chi connectivity index (χ0) is 15.9. The number of rotatable bonds is 3. The fourth-order valence-electron chi connectivity index (χ4n) is 0.650. The van der Waals surface area contributed by atoms with E-state index in [1.165, 1.54) is 0 Å². The van der Waals surface area contributed by atoms with Crippen molar-refractivity contribution in [3.05, 3.63) is 29.7 Å². The average molecular weight is 175 g/mol. The van der Waals surface area contributed by atoms with Gasteiger partial charge in [0.1, 0.15) is 5.75 Å². The summed E-state index contributed by atoms with van der Waals surface area (Å²) >= 11 is 0. The molecule has 3 heteroatoms. The number of likely N-dealkylation sites (N-methyl/N-ethyl adjacent to an activating group) is 1. The monoisotopic (exact) mass is 175 g/mol. The van der Waals surface area contributed by atoms with Crippen LogP contribution < -0.4 is 5.32 Å². The number of nitrogens with one attached hydrogen (secondary N) is 1. The number of hydrogen-bond acceptors (Lipinski definition) is 3. The van der Waals surface area contributed by atoms with Gasteiger partial charge in [-0.05, 0) is 24.6 Å². The van der Waals surface area contributed by atoms with Crippen molar-refractivity contribution in [3.8, 4) is 5.75 Å². The van der Waals surface area contributed by atoms with E-state index < -0.39 is 55.1 Å². The maximum absolute atomic E-state index is 9.91. The molecule has 0 heterocycles. The number of phenolic OH excluding ortho intramolecular Hbond substituents is 1. The lowest BCUT2D eigenvalue weighted by Crippen LogP contribution is -2.16. The highest BCUT2D eigenvalue weighted by Crippen LogP contribution is 2.17. The minimum absolute atomic E-state index is 0.729. The van der Waals surface area contributed by atoms with Gasteiger partial charge in [0.05, 0.1) is 12.9 Å². The van der Waals surface area contributed by atoms with E-state index in [9.17, 15) is 10.2 Å². The highest BCUT2D eigenvalue weighted by atomic mass is 16.3. The lowest BCUT2D eigenvalue weighted by Gasteiger charge is -2.09. The molecule has 0 fully saturated rings. The number of phenols is 1. The zero-order valence-electron chi connectivity index (χ0n) is 14.1. The number of benzene rings is 1. The van der Waals surface area contributed by atoms with Crippen LogP contribution in [0, 0.1) is 0 Å². The maximum Gasteiger partial charge on any atom is 0.115 e. The van der Waals surface area contributed by atoms with Gasteiger partial charge in [-0.25, -0.2) is 0 Å². The van der Waals surface area contributed by atoms with E-state index in [2.05, 4.69) is 0 Å². The molecule has 3 nitrogen and oxygen atoms in total. The summed E-state index contributed by atoms with van der Waals surface area (Å²) < 4.78 is 58.2. The SMILES string of the molecule is [2H]c1c([2H])c(O)c([2H])c([C@]([2H])(O)CNC([2H])([2H])[2H])c1[2H]. The largest absolute Gasteiger partial charge is 0.508 e. The summed E-state index contributed by atoms with van der Waals surface area (Å²) in [6.07, 6.45) is -2.70. The van der Waals surface area contributed by atoms with E-state index in [1.54, 1.807) is 0 Å². The van der Waals surface area contributed by atoms with Crippen LogP contribution in [0.4, 0.5) is 0 Å². The van der Waals surface area contributed by atoms with E-state index in [-0.39, 0.29) is 0 Å². The zero-order valence-corrected chi connectivity index (χ0v) is 6.10. The molecular formula is C9H13NO2. The first-order valence-corrected chi connectivity index (χ1v) is 3.15. The number of aromatic hydroxyl groups is 1. The van der Waals surface area contributed by atoms with Gasteiger partial charge in [0.2, 0.25) is 0 Å². The highest BCUT2D eigenvalue weighted by Gasteiger charge is 2.05. The summed E-state index contributed by atoms with van der Waals surface area (Å²) in [4.78, 5) is 0. The van der Waals surface area contributed by atoms with Crippen molar-refractivity contribution < 1.29 is 21.2 Å². The Hall–Kier alpha value is -1.06. The van der Waals surface area contributed by atoms with Crippen LogP contribution in [-0.2, 0) is 0 Å². The Labute approximate surface area is 82.9 Å². The van der Waals surface area contributed by atoms with Crippen LogP contribution in [0.3, 0.4) is 0 Å². The number of hydrogen-bond donors (Lipinski definition) is 3. The fraction of sp³-hybridized carbons (Fsp3) is 0.333. The van der Waals surface area contributed by atoms with Gasteiger partial charge >= 0.3 is 0 Å². The molecule has 1 rings (SSSR count). The summed E-state index contributed by atoms with van der Waals surface area (Å²) in [6, 6.07) is -3.14. The topological polar surface area (TPSA) is 52.5 Å². The van der Waals surface area contributed by atoms with Gasteiger partial charge in [-0.3, -0.25) is 0 Å². The van der Waals surface area contributed by atoms with Crippen LogP contribution >= 0.6 is 0 Å².